The number of rotatable bonds is 16. The number of nitrogens with zero attached hydrogens (tertiary/aromatic N) is 1. The summed E-state index contributed by atoms with van der Waals surface area (Å²) in [4.78, 5) is 37.1. The van der Waals surface area contributed by atoms with E-state index in [-0.39, 0.29) is 12.3 Å². The third-order valence-electron chi connectivity index (χ3n) is 5.28. The lowest BCUT2D eigenvalue weighted by Crippen LogP contribution is -2.40. The predicted molar refractivity (Wildman–Crippen MR) is 127 cm³/mol. The number of para-hydroxylation sites is 1. The van der Waals surface area contributed by atoms with Gasteiger partial charge in [-0.25, -0.2) is 0 Å². The van der Waals surface area contributed by atoms with Gasteiger partial charge in [0.25, 0.3) is 0 Å². The summed E-state index contributed by atoms with van der Waals surface area (Å²) in [6.07, 6.45) is 5.67. The number of aliphatic carboxylic acids is 1. The van der Waals surface area contributed by atoms with Crippen LogP contribution in [0.25, 0.3) is 0 Å². The molecule has 0 bridgehead atoms. The van der Waals surface area contributed by atoms with Crippen molar-refractivity contribution in [3.63, 3.8) is 0 Å². The number of hydrogen-bond acceptors (Lipinski definition) is 4. The zero-order valence-electron chi connectivity index (χ0n) is 19.2. The second-order valence-electron chi connectivity index (χ2n) is 7.93. The molecule has 33 heavy (non-hydrogen) atoms. The van der Waals surface area contributed by atoms with Gasteiger partial charge in [0.2, 0.25) is 12.3 Å². The van der Waals surface area contributed by atoms with E-state index in [0.717, 1.165) is 37.8 Å². The largest absolute Gasteiger partial charge is 0.481 e. The lowest BCUT2D eigenvalue weighted by Gasteiger charge is -2.28. The average Bonchev–Trinajstić information content (AvgIpc) is 2.82. The van der Waals surface area contributed by atoms with E-state index in [9.17, 15) is 14.4 Å². The van der Waals surface area contributed by atoms with Gasteiger partial charge in [-0.2, -0.15) is 0 Å². The van der Waals surface area contributed by atoms with E-state index in [0.29, 0.717) is 37.2 Å². The number of benzene rings is 2. The van der Waals surface area contributed by atoms with Crippen LogP contribution in [0, 0.1) is 0 Å². The summed E-state index contributed by atoms with van der Waals surface area (Å²) in [7, 11) is 0. The summed E-state index contributed by atoms with van der Waals surface area (Å²) in [6.45, 7) is 3.02. The summed E-state index contributed by atoms with van der Waals surface area (Å²) in [6, 6.07) is 15.9. The van der Waals surface area contributed by atoms with Gasteiger partial charge < -0.3 is 20.1 Å². The Morgan fingerprint density at radius 2 is 1.67 bits per heavy atom. The smallest absolute Gasteiger partial charge is 0.303 e. The van der Waals surface area contributed by atoms with Crippen LogP contribution >= 0.6 is 0 Å². The quantitative estimate of drug-likeness (QED) is 0.277. The van der Waals surface area contributed by atoms with Gasteiger partial charge in [-0.3, -0.25) is 14.4 Å². The predicted octanol–water partition coefficient (Wildman–Crippen LogP) is 4.93. The Morgan fingerprint density at radius 3 is 2.30 bits per heavy atom. The molecule has 0 fully saturated rings. The van der Waals surface area contributed by atoms with E-state index in [1.165, 1.54) is 0 Å². The van der Waals surface area contributed by atoms with Crippen molar-refractivity contribution in [3.05, 3.63) is 60.2 Å². The summed E-state index contributed by atoms with van der Waals surface area (Å²) >= 11 is 0. The minimum atomic E-state index is -0.813. The van der Waals surface area contributed by atoms with Crippen LogP contribution in [0.4, 0.5) is 0 Å². The highest BCUT2D eigenvalue weighted by molar-refractivity contribution is 5.85. The Balaban J connectivity index is 2.06. The van der Waals surface area contributed by atoms with Crippen molar-refractivity contribution in [1.29, 1.82) is 0 Å². The first-order valence-corrected chi connectivity index (χ1v) is 11.6. The Morgan fingerprint density at radius 1 is 0.970 bits per heavy atom. The van der Waals surface area contributed by atoms with Gasteiger partial charge in [-0.15, -0.1) is 0 Å². The summed E-state index contributed by atoms with van der Waals surface area (Å²) in [5.74, 6) is 0.309. The van der Waals surface area contributed by atoms with E-state index in [1.54, 1.807) is 17.0 Å². The molecule has 0 spiro atoms. The topological polar surface area (TPSA) is 95.9 Å². The number of carbonyl (C=O) groups is 3. The highest BCUT2D eigenvalue weighted by atomic mass is 16.5. The van der Waals surface area contributed by atoms with Gasteiger partial charge in [0.05, 0.1) is 0 Å². The first kappa shape index (κ1) is 25.9. The van der Waals surface area contributed by atoms with Crippen LogP contribution in [-0.4, -0.2) is 41.4 Å². The van der Waals surface area contributed by atoms with Crippen molar-refractivity contribution in [2.75, 3.05) is 13.1 Å². The molecule has 0 saturated carbocycles. The Kier molecular flexibility index (Phi) is 11.5. The molecule has 1 unspecified atom stereocenters. The van der Waals surface area contributed by atoms with Crippen LogP contribution in [0.15, 0.2) is 54.6 Å². The van der Waals surface area contributed by atoms with Crippen molar-refractivity contribution in [2.24, 2.45) is 0 Å². The van der Waals surface area contributed by atoms with Crippen LogP contribution in [0.1, 0.15) is 63.5 Å². The molecule has 2 aromatic carbocycles. The zero-order valence-corrected chi connectivity index (χ0v) is 19.2. The van der Waals surface area contributed by atoms with Gasteiger partial charge in [0.1, 0.15) is 17.5 Å². The Bertz CT molecular complexity index is 855. The lowest BCUT2D eigenvalue weighted by molar-refractivity contribution is -0.137. The molecular weight excluding hydrogens is 420 g/mol. The molecule has 2 N–H and O–H groups in total. The number of amides is 2. The SMILES string of the molecule is CCCCCN(C=O)C(C(=O)NCCCCCC(=O)O)c1ccc(Oc2ccccc2)cc1. The van der Waals surface area contributed by atoms with Gasteiger partial charge in [0, 0.05) is 19.5 Å². The highest BCUT2D eigenvalue weighted by Crippen LogP contribution is 2.26. The highest BCUT2D eigenvalue weighted by Gasteiger charge is 2.26. The molecule has 0 aliphatic heterocycles. The lowest BCUT2D eigenvalue weighted by atomic mass is 10.0. The third-order valence-corrected chi connectivity index (χ3v) is 5.28. The molecule has 2 rings (SSSR count). The molecule has 0 radical (unpaired) electrons. The van der Waals surface area contributed by atoms with Crippen molar-refractivity contribution in [2.45, 2.75) is 57.9 Å². The summed E-state index contributed by atoms with van der Waals surface area (Å²) < 4.78 is 5.83. The Labute approximate surface area is 195 Å². The maximum atomic E-state index is 13.1. The summed E-state index contributed by atoms with van der Waals surface area (Å²) in [5.41, 5.74) is 0.711. The van der Waals surface area contributed by atoms with Crippen molar-refractivity contribution in [1.82, 2.24) is 10.2 Å². The zero-order chi connectivity index (χ0) is 23.9. The van der Waals surface area contributed by atoms with Gasteiger partial charge in [-0.1, -0.05) is 56.5 Å². The molecule has 2 amide bonds. The molecule has 0 aromatic heterocycles. The molecule has 0 heterocycles. The number of ether oxygens (including phenoxy) is 1. The van der Waals surface area contributed by atoms with E-state index in [4.69, 9.17) is 9.84 Å². The molecule has 2 aromatic rings. The minimum absolute atomic E-state index is 0.129. The van der Waals surface area contributed by atoms with E-state index in [1.807, 2.05) is 42.5 Å². The summed E-state index contributed by atoms with van der Waals surface area (Å²) in [5, 5.41) is 11.6. The molecule has 0 saturated heterocycles. The molecular formula is C26H34N2O5. The number of carbonyl (C=O) groups excluding carboxylic acids is 2. The fourth-order valence-electron chi connectivity index (χ4n) is 3.51. The second kappa shape index (κ2) is 14.7. The molecule has 7 nitrogen and oxygen atoms in total. The van der Waals surface area contributed by atoms with Crippen molar-refractivity contribution < 1.29 is 24.2 Å². The number of hydrogen-bond donors (Lipinski definition) is 2. The fourth-order valence-corrected chi connectivity index (χ4v) is 3.51. The molecule has 0 aliphatic carbocycles. The first-order chi connectivity index (χ1) is 16.0. The average molecular weight is 455 g/mol. The van der Waals surface area contributed by atoms with Gasteiger partial charge in [-0.05, 0) is 49.1 Å². The third kappa shape index (κ3) is 9.35. The number of carboxylic acid groups (broad SMARTS) is 1. The maximum absolute atomic E-state index is 13.1. The molecule has 0 aliphatic rings. The van der Waals surface area contributed by atoms with Crippen LogP contribution in [-0.2, 0) is 14.4 Å². The van der Waals surface area contributed by atoms with Crippen LogP contribution in [0.2, 0.25) is 0 Å². The van der Waals surface area contributed by atoms with Crippen LogP contribution in [0.5, 0.6) is 11.5 Å². The molecule has 7 heteroatoms. The fraction of sp³-hybridized carbons (Fsp3) is 0.423. The van der Waals surface area contributed by atoms with E-state index >= 15 is 0 Å². The normalized spacial score (nSPS) is 11.4. The monoisotopic (exact) mass is 454 g/mol. The maximum Gasteiger partial charge on any atom is 0.303 e. The van der Waals surface area contributed by atoms with E-state index in [2.05, 4.69) is 12.2 Å². The Hall–Kier alpha value is -3.35. The van der Waals surface area contributed by atoms with Crippen LogP contribution < -0.4 is 10.1 Å². The number of unbranched alkanes of at least 4 members (excludes halogenated alkanes) is 4. The molecule has 178 valence electrons. The molecule has 1 atom stereocenters. The van der Waals surface area contributed by atoms with Crippen LogP contribution in [0.3, 0.4) is 0 Å². The van der Waals surface area contributed by atoms with Crippen molar-refractivity contribution >= 4 is 18.3 Å². The number of carboxylic acids is 1. The van der Waals surface area contributed by atoms with Crippen molar-refractivity contribution in [3.8, 4) is 11.5 Å². The standard InChI is InChI=1S/C26H34N2O5/c1-2-3-10-19-28(20-29)25(26(32)27-18-9-5-8-13-24(30)31)21-14-16-23(17-15-21)33-22-11-6-4-7-12-22/h4,6-7,11-12,14-17,20,25H,2-3,5,8-10,13,18-19H2,1H3,(H,27,32)(H,30,31). The second-order valence-corrected chi connectivity index (χ2v) is 7.93. The van der Waals surface area contributed by atoms with Gasteiger partial charge >= 0.3 is 5.97 Å². The first-order valence-electron chi connectivity index (χ1n) is 11.6. The van der Waals surface area contributed by atoms with Gasteiger partial charge in [0.15, 0.2) is 0 Å². The van der Waals surface area contributed by atoms with E-state index < -0.39 is 12.0 Å². The number of nitrogens with one attached hydrogen (secondary N) is 1. The minimum Gasteiger partial charge on any atom is -0.481 e.